The predicted octanol–water partition coefficient (Wildman–Crippen LogP) is 3.35. The van der Waals surface area contributed by atoms with Crippen LogP contribution in [-0.2, 0) is 9.84 Å². The second-order valence-corrected chi connectivity index (χ2v) is 8.16. The number of benzene rings is 1. The number of rotatable bonds is 4. The molecule has 0 aliphatic heterocycles. The van der Waals surface area contributed by atoms with Gasteiger partial charge in [0.25, 0.3) is 0 Å². The monoisotopic (exact) mass is 382 g/mol. The van der Waals surface area contributed by atoms with Crippen molar-refractivity contribution in [3.63, 3.8) is 0 Å². The molecule has 0 radical (unpaired) electrons. The summed E-state index contributed by atoms with van der Waals surface area (Å²) in [6.07, 6.45) is 6.89. The van der Waals surface area contributed by atoms with Crippen molar-refractivity contribution in [2.24, 2.45) is 0 Å². The Kier molecular flexibility index (Phi) is 4.21. The summed E-state index contributed by atoms with van der Waals surface area (Å²) in [5.41, 5.74) is 1.76. The third-order valence-electron chi connectivity index (χ3n) is 3.89. The first-order valence-corrected chi connectivity index (χ1v) is 10.5. The molecule has 0 bridgehead atoms. The van der Waals surface area contributed by atoms with Crippen molar-refractivity contribution in [1.82, 2.24) is 19.6 Å². The molecule has 8 heteroatoms. The first-order chi connectivity index (χ1) is 12.6. The Morgan fingerprint density at radius 1 is 1.04 bits per heavy atom. The zero-order valence-electron chi connectivity index (χ0n) is 13.8. The lowest BCUT2D eigenvalue weighted by Crippen LogP contribution is -2.04. The van der Waals surface area contributed by atoms with Crippen LogP contribution in [0, 0.1) is 0 Å². The van der Waals surface area contributed by atoms with Gasteiger partial charge >= 0.3 is 0 Å². The van der Waals surface area contributed by atoms with E-state index in [1.54, 1.807) is 61.2 Å². The van der Waals surface area contributed by atoms with Crippen LogP contribution in [0.5, 0.6) is 0 Å². The van der Waals surface area contributed by atoms with Crippen molar-refractivity contribution in [3.8, 4) is 11.3 Å². The smallest absolute Gasteiger partial charge is 0.213 e. The van der Waals surface area contributed by atoms with E-state index in [9.17, 15) is 8.42 Å². The Morgan fingerprint density at radius 2 is 1.85 bits per heavy atom. The summed E-state index contributed by atoms with van der Waals surface area (Å²) < 4.78 is 27.9. The fourth-order valence-electron chi connectivity index (χ4n) is 2.65. The highest BCUT2D eigenvalue weighted by atomic mass is 32.2. The van der Waals surface area contributed by atoms with Gasteiger partial charge in [0.05, 0.1) is 10.6 Å². The van der Waals surface area contributed by atoms with Gasteiger partial charge in [0, 0.05) is 24.2 Å². The fourth-order valence-corrected chi connectivity index (χ4v) is 5.08. The molecule has 26 heavy (non-hydrogen) atoms. The molecule has 130 valence electrons. The quantitative estimate of drug-likeness (QED) is 0.504. The molecule has 0 fully saturated rings. The van der Waals surface area contributed by atoms with Crippen molar-refractivity contribution >= 4 is 27.2 Å². The maximum atomic E-state index is 13.2. The number of thioether (sulfide) groups is 1. The zero-order chi connectivity index (χ0) is 18.1. The topological polar surface area (TPSA) is 77.2 Å². The van der Waals surface area contributed by atoms with Crippen LogP contribution in [0.1, 0.15) is 0 Å². The van der Waals surface area contributed by atoms with E-state index in [4.69, 9.17) is 0 Å². The van der Waals surface area contributed by atoms with E-state index in [1.807, 2.05) is 12.1 Å². The number of hydrogen-bond donors (Lipinski definition) is 0. The van der Waals surface area contributed by atoms with Crippen molar-refractivity contribution in [2.75, 3.05) is 6.26 Å². The van der Waals surface area contributed by atoms with E-state index < -0.39 is 9.84 Å². The van der Waals surface area contributed by atoms with E-state index in [-0.39, 0.29) is 9.79 Å². The number of hydrogen-bond acceptors (Lipinski definition) is 6. The largest absolute Gasteiger partial charge is 0.264 e. The minimum atomic E-state index is -3.75. The highest BCUT2D eigenvalue weighted by Crippen LogP contribution is 2.32. The summed E-state index contributed by atoms with van der Waals surface area (Å²) in [5, 5.41) is 4.80. The van der Waals surface area contributed by atoms with Gasteiger partial charge in [-0.3, -0.25) is 4.98 Å². The molecule has 0 spiro atoms. The maximum absolute atomic E-state index is 13.2. The third-order valence-corrected chi connectivity index (χ3v) is 6.49. The first-order valence-electron chi connectivity index (χ1n) is 7.75. The maximum Gasteiger partial charge on any atom is 0.213 e. The molecule has 3 aromatic heterocycles. The molecule has 0 atom stereocenters. The second kappa shape index (κ2) is 6.54. The summed E-state index contributed by atoms with van der Waals surface area (Å²) in [5.74, 6) is 0. The Bertz CT molecular complexity index is 1170. The molecule has 0 unspecified atom stereocenters. The lowest BCUT2D eigenvalue weighted by atomic mass is 10.2. The van der Waals surface area contributed by atoms with Crippen LogP contribution in [0.25, 0.3) is 16.9 Å². The fraction of sp³-hybridized carbons (Fsp3) is 0.0556. The van der Waals surface area contributed by atoms with Gasteiger partial charge in [0.15, 0.2) is 10.5 Å². The Hall–Kier alpha value is -2.71. The number of pyridine rings is 1. The lowest BCUT2D eigenvalue weighted by molar-refractivity contribution is 0.594. The molecular formula is C18H14N4O2S2. The average Bonchev–Trinajstić information content (AvgIpc) is 3.08. The minimum absolute atomic E-state index is 0.127. The summed E-state index contributed by atoms with van der Waals surface area (Å²) >= 11 is 1.28. The summed E-state index contributed by atoms with van der Waals surface area (Å²) in [6.45, 7) is 0. The number of fused-ring (bicyclic) bond motifs is 1. The van der Waals surface area contributed by atoms with E-state index in [0.29, 0.717) is 16.4 Å². The molecular weight excluding hydrogens is 368 g/mol. The molecule has 3 heterocycles. The van der Waals surface area contributed by atoms with Crippen molar-refractivity contribution in [2.45, 2.75) is 14.8 Å². The van der Waals surface area contributed by atoms with Crippen LogP contribution in [0.2, 0.25) is 0 Å². The molecule has 0 saturated carbocycles. The Morgan fingerprint density at radius 3 is 2.54 bits per heavy atom. The van der Waals surface area contributed by atoms with E-state index in [0.717, 1.165) is 5.56 Å². The van der Waals surface area contributed by atoms with Crippen LogP contribution in [0.3, 0.4) is 0 Å². The van der Waals surface area contributed by atoms with Gasteiger partial charge in [-0.05, 0) is 36.6 Å². The third kappa shape index (κ3) is 2.77. The molecule has 6 nitrogen and oxygen atoms in total. The Balaban J connectivity index is 1.99. The van der Waals surface area contributed by atoms with Crippen LogP contribution in [0.15, 0.2) is 81.9 Å². The van der Waals surface area contributed by atoms with Crippen LogP contribution in [0.4, 0.5) is 0 Å². The zero-order valence-corrected chi connectivity index (χ0v) is 15.4. The number of nitrogens with zero attached hydrogens (tertiary/aromatic N) is 4. The standard InChI is InChI=1S/C18H14N4O2S2/c1-25-18-16(26(23,24)14-7-3-2-4-8-14)17-20-15(9-11-22(17)21-18)13-6-5-10-19-12-13/h2-12H,1H3. The highest BCUT2D eigenvalue weighted by Gasteiger charge is 2.28. The van der Waals surface area contributed by atoms with Gasteiger partial charge in [0.1, 0.15) is 5.03 Å². The molecule has 0 saturated heterocycles. The number of sulfone groups is 1. The van der Waals surface area contributed by atoms with Crippen molar-refractivity contribution < 1.29 is 8.42 Å². The Labute approximate surface area is 154 Å². The van der Waals surface area contributed by atoms with Gasteiger partial charge in [-0.1, -0.05) is 18.2 Å². The molecule has 4 aromatic rings. The SMILES string of the molecule is CSc1nn2ccc(-c3cccnc3)nc2c1S(=O)(=O)c1ccccc1. The van der Waals surface area contributed by atoms with Crippen molar-refractivity contribution in [1.29, 1.82) is 0 Å². The molecule has 4 rings (SSSR count). The van der Waals surface area contributed by atoms with Gasteiger partial charge in [-0.15, -0.1) is 11.8 Å². The average molecular weight is 382 g/mol. The highest BCUT2D eigenvalue weighted by molar-refractivity contribution is 7.99. The lowest BCUT2D eigenvalue weighted by Gasteiger charge is -2.05. The predicted molar refractivity (Wildman–Crippen MR) is 99.9 cm³/mol. The normalized spacial score (nSPS) is 11.7. The molecule has 0 amide bonds. The summed E-state index contributed by atoms with van der Waals surface area (Å²) in [6, 6.07) is 13.8. The summed E-state index contributed by atoms with van der Waals surface area (Å²) in [7, 11) is -3.75. The van der Waals surface area contributed by atoms with Crippen LogP contribution >= 0.6 is 11.8 Å². The van der Waals surface area contributed by atoms with Gasteiger partial charge < -0.3 is 0 Å². The van der Waals surface area contributed by atoms with E-state index in [2.05, 4.69) is 15.1 Å². The molecule has 0 aliphatic rings. The van der Waals surface area contributed by atoms with Gasteiger partial charge in [-0.2, -0.15) is 5.10 Å². The number of aromatic nitrogens is 4. The summed E-state index contributed by atoms with van der Waals surface area (Å²) in [4.78, 5) is 9.02. The molecule has 0 N–H and O–H groups in total. The first kappa shape index (κ1) is 16.7. The van der Waals surface area contributed by atoms with Crippen LogP contribution in [-0.4, -0.2) is 34.3 Å². The van der Waals surface area contributed by atoms with Crippen LogP contribution < -0.4 is 0 Å². The minimum Gasteiger partial charge on any atom is -0.264 e. The van der Waals surface area contributed by atoms with Crippen molar-refractivity contribution in [3.05, 3.63) is 67.1 Å². The molecule has 0 aliphatic carbocycles. The van der Waals surface area contributed by atoms with Gasteiger partial charge in [-0.25, -0.2) is 17.9 Å². The van der Waals surface area contributed by atoms with E-state index in [1.165, 1.54) is 16.3 Å². The van der Waals surface area contributed by atoms with E-state index >= 15 is 0 Å². The second-order valence-electron chi connectivity index (χ2n) is 5.48. The van der Waals surface area contributed by atoms with Gasteiger partial charge in [0.2, 0.25) is 9.84 Å². The molecule has 1 aromatic carbocycles.